The summed E-state index contributed by atoms with van der Waals surface area (Å²) in [6.07, 6.45) is 7.19. The zero-order chi connectivity index (χ0) is 15.3. The van der Waals surface area contributed by atoms with E-state index in [9.17, 15) is 0 Å². The molecule has 1 unspecified atom stereocenters. The van der Waals surface area contributed by atoms with Crippen LogP contribution in [0, 0.1) is 5.92 Å². The van der Waals surface area contributed by atoms with Crippen molar-refractivity contribution in [2.24, 2.45) is 5.92 Å². The number of ether oxygens (including phenoxy) is 1. The van der Waals surface area contributed by atoms with Gasteiger partial charge in [0.05, 0.1) is 11.6 Å². The predicted octanol–water partition coefficient (Wildman–Crippen LogP) is 4.49. The second-order valence-corrected chi connectivity index (χ2v) is 6.66. The zero-order valence-electron chi connectivity index (χ0n) is 14.1. The Kier molecular flexibility index (Phi) is 5.83. The average Bonchev–Trinajstić information content (AvgIpc) is 2.52. The SMILES string of the molecule is CCCc1ccc(C(NC)C2(OC)CCC(C)CC2)cc1. The molecule has 0 aromatic heterocycles. The van der Waals surface area contributed by atoms with Gasteiger partial charge in [-0.05, 0) is 56.2 Å². The number of benzene rings is 1. The van der Waals surface area contributed by atoms with Crippen LogP contribution in [0.4, 0.5) is 0 Å². The Morgan fingerprint density at radius 3 is 2.33 bits per heavy atom. The molecule has 1 fully saturated rings. The van der Waals surface area contributed by atoms with Crippen molar-refractivity contribution in [1.82, 2.24) is 5.32 Å². The van der Waals surface area contributed by atoms with Crippen LogP contribution in [0.3, 0.4) is 0 Å². The third-order valence-corrected chi connectivity index (χ3v) is 5.19. The van der Waals surface area contributed by atoms with E-state index in [-0.39, 0.29) is 11.6 Å². The molecule has 118 valence electrons. The number of nitrogens with one attached hydrogen (secondary N) is 1. The molecule has 0 spiro atoms. The minimum Gasteiger partial charge on any atom is -0.376 e. The lowest BCUT2D eigenvalue weighted by molar-refractivity contribution is -0.0745. The van der Waals surface area contributed by atoms with E-state index >= 15 is 0 Å². The number of hydrogen-bond donors (Lipinski definition) is 1. The first-order chi connectivity index (χ1) is 10.1. The van der Waals surface area contributed by atoms with Gasteiger partial charge in [0.25, 0.3) is 0 Å². The fourth-order valence-corrected chi connectivity index (χ4v) is 3.76. The van der Waals surface area contributed by atoms with E-state index in [2.05, 4.69) is 50.5 Å². The number of methoxy groups -OCH3 is 1. The fourth-order valence-electron chi connectivity index (χ4n) is 3.76. The molecule has 1 saturated carbocycles. The van der Waals surface area contributed by atoms with Gasteiger partial charge in [0.15, 0.2) is 0 Å². The Morgan fingerprint density at radius 1 is 1.24 bits per heavy atom. The quantitative estimate of drug-likeness (QED) is 0.833. The van der Waals surface area contributed by atoms with Gasteiger partial charge in [-0.3, -0.25) is 0 Å². The van der Waals surface area contributed by atoms with Crippen LogP contribution in [0.25, 0.3) is 0 Å². The summed E-state index contributed by atoms with van der Waals surface area (Å²) in [5.74, 6) is 0.831. The molecule has 1 N–H and O–H groups in total. The van der Waals surface area contributed by atoms with E-state index in [1.54, 1.807) is 0 Å². The largest absolute Gasteiger partial charge is 0.376 e. The fraction of sp³-hybridized carbons (Fsp3) is 0.684. The lowest BCUT2D eigenvalue weighted by atomic mass is 9.73. The van der Waals surface area contributed by atoms with Crippen LogP contribution in [0.15, 0.2) is 24.3 Å². The summed E-state index contributed by atoms with van der Waals surface area (Å²) >= 11 is 0. The molecule has 0 aliphatic heterocycles. The van der Waals surface area contributed by atoms with Crippen LogP contribution in [0.5, 0.6) is 0 Å². The molecule has 2 nitrogen and oxygen atoms in total. The summed E-state index contributed by atoms with van der Waals surface area (Å²) in [7, 11) is 3.94. The highest BCUT2D eigenvalue weighted by molar-refractivity contribution is 5.27. The average molecular weight is 289 g/mol. The standard InChI is InChI=1S/C19H31NO/c1-5-6-16-7-9-17(10-8-16)18(20-3)19(21-4)13-11-15(2)12-14-19/h7-10,15,18,20H,5-6,11-14H2,1-4H3. The molecule has 2 heteroatoms. The lowest BCUT2D eigenvalue weighted by Gasteiger charge is -2.44. The van der Waals surface area contributed by atoms with Crippen molar-refractivity contribution in [3.63, 3.8) is 0 Å². The molecule has 0 saturated heterocycles. The van der Waals surface area contributed by atoms with Crippen LogP contribution in [0.1, 0.15) is 63.1 Å². The van der Waals surface area contributed by atoms with E-state index in [1.165, 1.54) is 30.4 Å². The molecule has 1 aliphatic rings. The van der Waals surface area contributed by atoms with Crippen molar-refractivity contribution >= 4 is 0 Å². The van der Waals surface area contributed by atoms with Crippen LogP contribution < -0.4 is 5.32 Å². The highest BCUT2D eigenvalue weighted by Gasteiger charge is 2.41. The molecule has 0 amide bonds. The minimum atomic E-state index is -0.0481. The highest BCUT2D eigenvalue weighted by atomic mass is 16.5. The second kappa shape index (κ2) is 7.42. The van der Waals surface area contributed by atoms with Crippen molar-refractivity contribution in [2.75, 3.05) is 14.2 Å². The number of likely N-dealkylation sites (N-methyl/N-ethyl adjacent to an activating group) is 1. The van der Waals surface area contributed by atoms with Gasteiger partial charge in [-0.15, -0.1) is 0 Å². The van der Waals surface area contributed by atoms with Gasteiger partial charge in [0.1, 0.15) is 0 Å². The van der Waals surface area contributed by atoms with Gasteiger partial charge in [-0.25, -0.2) is 0 Å². The Morgan fingerprint density at radius 2 is 1.86 bits per heavy atom. The van der Waals surface area contributed by atoms with Crippen molar-refractivity contribution in [2.45, 2.75) is 64.0 Å². The molecule has 0 heterocycles. The van der Waals surface area contributed by atoms with E-state index in [4.69, 9.17) is 4.74 Å². The van der Waals surface area contributed by atoms with E-state index in [1.807, 2.05) is 7.11 Å². The molecule has 1 aliphatic carbocycles. The van der Waals surface area contributed by atoms with Crippen LogP contribution in [0.2, 0.25) is 0 Å². The van der Waals surface area contributed by atoms with Gasteiger partial charge in [0.2, 0.25) is 0 Å². The maximum Gasteiger partial charge on any atom is 0.0872 e. The van der Waals surface area contributed by atoms with Crippen molar-refractivity contribution in [3.05, 3.63) is 35.4 Å². The third-order valence-electron chi connectivity index (χ3n) is 5.19. The molecule has 1 aromatic carbocycles. The second-order valence-electron chi connectivity index (χ2n) is 6.66. The first kappa shape index (κ1) is 16.5. The summed E-state index contributed by atoms with van der Waals surface area (Å²) in [6, 6.07) is 9.40. The number of rotatable bonds is 6. The summed E-state index contributed by atoms with van der Waals surface area (Å²) < 4.78 is 6.05. The van der Waals surface area contributed by atoms with Gasteiger partial charge < -0.3 is 10.1 Å². The monoisotopic (exact) mass is 289 g/mol. The number of hydrogen-bond acceptors (Lipinski definition) is 2. The summed E-state index contributed by atoms with van der Waals surface area (Å²) in [5.41, 5.74) is 2.74. The van der Waals surface area contributed by atoms with Gasteiger partial charge >= 0.3 is 0 Å². The maximum absolute atomic E-state index is 6.05. The third kappa shape index (κ3) is 3.67. The molecule has 0 radical (unpaired) electrons. The molecule has 21 heavy (non-hydrogen) atoms. The summed E-state index contributed by atoms with van der Waals surface area (Å²) in [6.45, 7) is 4.58. The van der Waals surface area contributed by atoms with Crippen molar-refractivity contribution in [1.29, 1.82) is 0 Å². The first-order valence-electron chi connectivity index (χ1n) is 8.46. The predicted molar refractivity (Wildman–Crippen MR) is 89.6 cm³/mol. The Bertz CT molecular complexity index is 418. The Balaban J connectivity index is 2.20. The smallest absolute Gasteiger partial charge is 0.0872 e. The zero-order valence-corrected chi connectivity index (χ0v) is 14.1. The molecule has 1 aromatic rings. The highest BCUT2D eigenvalue weighted by Crippen LogP contribution is 2.42. The number of aryl methyl sites for hydroxylation is 1. The Labute approximate surface area is 130 Å². The van der Waals surface area contributed by atoms with Gasteiger partial charge in [-0.1, -0.05) is 44.5 Å². The Hall–Kier alpha value is -0.860. The topological polar surface area (TPSA) is 21.3 Å². The van der Waals surface area contributed by atoms with E-state index < -0.39 is 0 Å². The van der Waals surface area contributed by atoms with E-state index in [0.717, 1.165) is 25.2 Å². The minimum absolute atomic E-state index is 0.0481. The van der Waals surface area contributed by atoms with Crippen molar-refractivity contribution in [3.8, 4) is 0 Å². The molecular formula is C19H31NO. The van der Waals surface area contributed by atoms with Gasteiger partial charge in [0, 0.05) is 7.11 Å². The van der Waals surface area contributed by atoms with Crippen LogP contribution in [-0.2, 0) is 11.2 Å². The summed E-state index contributed by atoms with van der Waals surface area (Å²) in [5, 5.41) is 3.52. The maximum atomic E-state index is 6.05. The van der Waals surface area contributed by atoms with Crippen LogP contribution >= 0.6 is 0 Å². The van der Waals surface area contributed by atoms with Crippen molar-refractivity contribution < 1.29 is 4.74 Å². The molecule has 0 bridgehead atoms. The summed E-state index contributed by atoms with van der Waals surface area (Å²) in [4.78, 5) is 0. The molecule has 1 atom stereocenters. The lowest BCUT2D eigenvalue weighted by Crippen LogP contribution is -2.46. The van der Waals surface area contributed by atoms with Gasteiger partial charge in [-0.2, -0.15) is 0 Å². The van der Waals surface area contributed by atoms with E-state index in [0.29, 0.717) is 0 Å². The first-order valence-corrected chi connectivity index (χ1v) is 8.46. The molecular weight excluding hydrogens is 258 g/mol. The normalized spacial score (nSPS) is 27.5. The van der Waals surface area contributed by atoms with Crippen LogP contribution in [-0.4, -0.2) is 19.8 Å². The molecule has 2 rings (SSSR count).